The summed E-state index contributed by atoms with van der Waals surface area (Å²) in [5, 5.41) is 0. The maximum atomic E-state index is 4.97. The van der Waals surface area contributed by atoms with Crippen LogP contribution in [0.5, 0.6) is 0 Å². The van der Waals surface area contributed by atoms with Crippen LogP contribution in [0.15, 0.2) is 0 Å². The molecule has 0 aromatic rings. The second kappa shape index (κ2) is 4.33. The second-order valence-electron chi connectivity index (χ2n) is 1.44. The molecule has 0 spiro atoms. The van der Waals surface area contributed by atoms with Gasteiger partial charge >= 0.3 is 22.4 Å². The van der Waals surface area contributed by atoms with Crippen LogP contribution in [-0.2, 0) is 35.0 Å². The van der Waals surface area contributed by atoms with E-state index >= 15 is 0 Å². The smallest absolute Gasteiger partial charge is 0.779 e. The third-order valence-corrected chi connectivity index (χ3v) is 2.66. The minimum Gasteiger partial charge on any atom is -0.779 e. The zero-order chi connectivity index (χ0) is 4.41. The average molecular weight is 316 g/mol. The van der Waals surface area contributed by atoms with E-state index in [1.54, 1.807) is 0 Å². The molecule has 0 aromatic heterocycles. The van der Waals surface area contributed by atoms with Crippen LogP contribution < -0.4 is 0 Å². The Morgan fingerprint density at radius 1 is 1.57 bits per heavy atom. The van der Waals surface area contributed by atoms with Crippen LogP contribution >= 0.6 is 11.8 Å². The third-order valence-electron chi connectivity index (χ3n) is 0.888. The first-order valence-corrected chi connectivity index (χ1v) is 3.69. The molecular formula is C4H7AuS2. The van der Waals surface area contributed by atoms with Gasteiger partial charge < -0.3 is 12.6 Å². The summed E-state index contributed by atoms with van der Waals surface area (Å²) >= 11 is 6.88. The Morgan fingerprint density at radius 2 is 2.29 bits per heavy atom. The minimum atomic E-state index is 0. The quantitative estimate of drug-likeness (QED) is 0.489. The minimum absolute atomic E-state index is 0. The Bertz CT molecular complexity index is 43.0. The molecule has 0 bridgehead atoms. The molecule has 7 heavy (non-hydrogen) atoms. The summed E-state index contributed by atoms with van der Waals surface area (Å²) in [5.74, 6) is 1.30. The van der Waals surface area contributed by atoms with Gasteiger partial charge in [0.2, 0.25) is 0 Å². The molecule has 3 heteroatoms. The molecule has 1 aliphatic rings. The van der Waals surface area contributed by atoms with Gasteiger partial charge in [-0.05, 0) is 12.2 Å². The van der Waals surface area contributed by atoms with E-state index in [2.05, 4.69) is 0 Å². The molecule has 1 atom stereocenters. The Morgan fingerprint density at radius 3 is 2.43 bits per heavy atom. The van der Waals surface area contributed by atoms with E-state index in [0.717, 1.165) is 0 Å². The molecule has 1 rings (SSSR count). The van der Waals surface area contributed by atoms with Gasteiger partial charge in [0.1, 0.15) is 0 Å². The molecule has 1 heterocycles. The summed E-state index contributed by atoms with van der Waals surface area (Å²) < 4.78 is 0.546. The van der Waals surface area contributed by atoms with E-state index in [-0.39, 0.29) is 22.4 Å². The van der Waals surface area contributed by atoms with Crippen molar-refractivity contribution in [3.63, 3.8) is 0 Å². The van der Waals surface area contributed by atoms with Crippen LogP contribution in [0.2, 0.25) is 0 Å². The van der Waals surface area contributed by atoms with Crippen LogP contribution in [0, 0.1) is 0 Å². The fraction of sp³-hybridized carbons (Fsp3) is 1.00. The molecule has 0 aromatic carbocycles. The Labute approximate surface area is 69.7 Å². The number of thioether (sulfide) groups is 1. The van der Waals surface area contributed by atoms with Crippen LogP contribution in [-0.4, -0.2) is 10.3 Å². The van der Waals surface area contributed by atoms with E-state index in [9.17, 15) is 0 Å². The molecule has 1 saturated heterocycles. The van der Waals surface area contributed by atoms with Crippen molar-refractivity contribution >= 4 is 24.4 Å². The van der Waals surface area contributed by atoms with Gasteiger partial charge in [0.15, 0.2) is 0 Å². The summed E-state index contributed by atoms with van der Waals surface area (Å²) in [7, 11) is 0. The van der Waals surface area contributed by atoms with Crippen molar-refractivity contribution in [2.75, 3.05) is 5.75 Å². The molecular weight excluding hydrogens is 309 g/mol. The zero-order valence-corrected chi connectivity index (χ0v) is 7.62. The van der Waals surface area contributed by atoms with Gasteiger partial charge in [0.05, 0.1) is 0 Å². The summed E-state index contributed by atoms with van der Waals surface area (Å²) in [5.41, 5.74) is 0. The first kappa shape index (κ1) is 8.44. The van der Waals surface area contributed by atoms with Gasteiger partial charge in [0.25, 0.3) is 0 Å². The van der Waals surface area contributed by atoms with Crippen molar-refractivity contribution < 1.29 is 22.4 Å². The molecule has 1 unspecified atom stereocenters. The van der Waals surface area contributed by atoms with E-state index in [0.29, 0.717) is 4.58 Å². The molecule has 1 aliphatic heterocycles. The van der Waals surface area contributed by atoms with E-state index in [4.69, 9.17) is 12.6 Å². The summed E-state index contributed by atoms with van der Waals surface area (Å²) in [4.78, 5) is 0. The van der Waals surface area contributed by atoms with Crippen molar-refractivity contribution in [2.45, 2.75) is 17.4 Å². The molecule has 1 fully saturated rings. The van der Waals surface area contributed by atoms with E-state index < -0.39 is 0 Å². The largest absolute Gasteiger partial charge is 1.00 e. The van der Waals surface area contributed by atoms with E-state index in [1.165, 1.54) is 18.6 Å². The monoisotopic (exact) mass is 316 g/mol. The first-order valence-electron chi connectivity index (χ1n) is 2.17. The molecule has 0 amide bonds. The van der Waals surface area contributed by atoms with Gasteiger partial charge in [-0.25, -0.2) is 0 Å². The Kier molecular flexibility index (Phi) is 5.22. The Hall–Kier alpha value is 1.44. The van der Waals surface area contributed by atoms with Crippen LogP contribution in [0.25, 0.3) is 0 Å². The van der Waals surface area contributed by atoms with Gasteiger partial charge in [-0.3, -0.25) is 0 Å². The molecule has 0 N–H and O–H groups in total. The first-order chi connectivity index (χ1) is 2.89. The predicted octanol–water partition coefficient (Wildman–Crippen LogP) is 1.38. The van der Waals surface area contributed by atoms with Crippen LogP contribution in [0.1, 0.15) is 12.8 Å². The Balaban J connectivity index is 0.000000360. The summed E-state index contributed by atoms with van der Waals surface area (Å²) in [6.07, 6.45) is 2.61. The van der Waals surface area contributed by atoms with E-state index in [1.807, 2.05) is 11.8 Å². The molecule has 0 nitrogen and oxygen atoms in total. The standard InChI is InChI=1S/C4H8S2.Au/c5-4-2-1-3-6-4;/h4-5H,1-3H2;/q;+1/p-1. The van der Waals surface area contributed by atoms with Gasteiger partial charge in [-0.2, -0.15) is 11.8 Å². The molecule has 0 aliphatic carbocycles. The van der Waals surface area contributed by atoms with Crippen LogP contribution in [0.3, 0.4) is 0 Å². The van der Waals surface area contributed by atoms with Crippen LogP contribution in [0.4, 0.5) is 0 Å². The average Bonchev–Trinajstić information content (AvgIpc) is 1.86. The predicted molar refractivity (Wildman–Crippen MR) is 32.8 cm³/mol. The number of hydrogen-bond acceptors (Lipinski definition) is 2. The van der Waals surface area contributed by atoms with Gasteiger partial charge in [0, 0.05) is 0 Å². The summed E-state index contributed by atoms with van der Waals surface area (Å²) in [6, 6.07) is 0. The number of rotatable bonds is 0. The van der Waals surface area contributed by atoms with Crippen molar-refractivity contribution in [1.29, 1.82) is 0 Å². The SMILES string of the molecule is [Au+].[S-]C1CCCS1. The topological polar surface area (TPSA) is 0 Å². The molecule has 46 valence electrons. The second-order valence-corrected chi connectivity index (χ2v) is 3.62. The molecule has 0 saturated carbocycles. The fourth-order valence-corrected chi connectivity index (χ4v) is 1.93. The van der Waals surface area contributed by atoms with Crippen molar-refractivity contribution in [3.8, 4) is 0 Å². The van der Waals surface area contributed by atoms with Crippen molar-refractivity contribution in [3.05, 3.63) is 0 Å². The van der Waals surface area contributed by atoms with Gasteiger partial charge in [-0.15, -0.1) is 4.58 Å². The fourth-order valence-electron chi connectivity index (χ4n) is 0.548. The summed E-state index contributed by atoms with van der Waals surface area (Å²) in [6.45, 7) is 0. The third kappa shape index (κ3) is 3.09. The zero-order valence-electron chi connectivity index (χ0n) is 3.82. The number of hydrogen-bond donors (Lipinski definition) is 0. The maximum absolute atomic E-state index is 4.97. The van der Waals surface area contributed by atoms with Crippen molar-refractivity contribution in [2.24, 2.45) is 0 Å². The van der Waals surface area contributed by atoms with Gasteiger partial charge in [-0.1, -0.05) is 6.42 Å². The van der Waals surface area contributed by atoms with Crippen molar-refractivity contribution in [1.82, 2.24) is 0 Å². The molecule has 0 radical (unpaired) electrons. The maximum Gasteiger partial charge on any atom is 1.00 e. The normalized spacial score (nSPS) is 29.6.